The smallest absolute Gasteiger partial charge is 0.257 e. The van der Waals surface area contributed by atoms with Crippen LogP contribution in [0.4, 0.5) is 11.4 Å². The zero-order valence-electron chi connectivity index (χ0n) is 15.1. The van der Waals surface area contributed by atoms with E-state index in [1.165, 1.54) is 14.0 Å². The summed E-state index contributed by atoms with van der Waals surface area (Å²) in [6, 6.07) is 11.8. The van der Waals surface area contributed by atoms with Gasteiger partial charge < -0.3 is 19.9 Å². The van der Waals surface area contributed by atoms with E-state index >= 15 is 0 Å². The maximum absolute atomic E-state index is 12.5. The third-order valence-corrected chi connectivity index (χ3v) is 3.69. The third-order valence-electron chi connectivity index (χ3n) is 3.69. The number of nitrogens with zero attached hydrogens (tertiary/aromatic N) is 2. The molecule has 8 heteroatoms. The van der Waals surface area contributed by atoms with Crippen LogP contribution < -0.4 is 15.4 Å². The van der Waals surface area contributed by atoms with E-state index in [-0.39, 0.29) is 11.8 Å². The topological polar surface area (TPSA) is 106 Å². The highest BCUT2D eigenvalue weighted by molar-refractivity contribution is 6.05. The van der Waals surface area contributed by atoms with Gasteiger partial charge in [-0.1, -0.05) is 5.16 Å². The maximum Gasteiger partial charge on any atom is 0.257 e. The van der Waals surface area contributed by atoms with Crippen molar-refractivity contribution in [2.45, 2.75) is 13.8 Å². The van der Waals surface area contributed by atoms with Crippen LogP contribution in [0.1, 0.15) is 23.1 Å². The first kappa shape index (κ1) is 18.1. The number of hydrogen-bond donors (Lipinski definition) is 2. The predicted molar refractivity (Wildman–Crippen MR) is 99.7 cm³/mol. The van der Waals surface area contributed by atoms with E-state index in [1.807, 2.05) is 0 Å². The van der Waals surface area contributed by atoms with E-state index in [0.29, 0.717) is 34.4 Å². The number of aromatic nitrogens is 2. The Balaban J connectivity index is 1.76. The van der Waals surface area contributed by atoms with Crippen LogP contribution >= 0.6 is 0 Å². The number of ether oxygens (including phenoxy) is 1. The molecule has 3 rings (SSSR count). The van der Waals surface area contributed by atoms with Gasteiger partial charge in [0.25, 0.3) is 11.8 Å². The minimum absolute atomic E-state index is 0.233. The van der Waals surface area contributed by atoms with Crippen LogP contribution in [-0.4, -0.2) is 29.1 Å². The maximum atomic E-state index is 12.5. The van der Waals surface area contributed by atoms with Crippen molar-refractivity contribution in [3.05, 3.63) is 53.9 Å². The van der Waals surface area contributed by atoms with Crippen molar-refractivity contribution in [2.24, 2.45) is 0 Å². The molecule has 8 nitrogen and oxygen atoms in total. The van der Waals surface area contributed by atoms with Crippen LogP contribution in [0, 0.1) is 6.92 Å². The van der Waals surface area contributed by atoms with Gasteiger partial charge in [0.2, 0.25) is 5.91 Å². The number of aryl methyl sites for hydroxylation is 1. The number of carbonyl (C=O) groups excluding carboxylic acids is 2. The van der Waals surface area contributed by atoms with Crippen LogP contribution in [0.5, 0.6) is 5.75 Å². The SMILES string of the molecule is COc1ccc(NC(=O)c2ccc(-c3nc(C)no3)cc2)cc1NC(C)=O. The van der Waals surface area contributed by atoms with Crippen molar-refractivity contribution in [2.75, 3.05) is 17.7 Å². The van der Waals surface area contributed by atoms with Gasteiger partial charge in [0, 0.05) is 23.7 Å². The van der Waals surface area contributed by atoms with Gasteiger partial charge in [0.15, 0.2) is 5.82 Å². The standard InChI is InChI=1S/C19H18N4O4/c1-11-20-19(27-23-11)14-6-4-13(5-7-14)18(25)22-15-8-9-17(26-3)16(10-15)21-12(2)24/h4-10H,1-3H3,(H,21,24)(H,22,25). The normalized spacial score (nSPS) is 10.3. The summed E-state index contributed by atoms with van der Waals surface area (Å²) < 4.78 is 10.3. The summed E-state index contributed by atoms with van der Waals surface area (Å²) in [7, 11) is 1.51. The Morgan fingerprint density at radius 3 is 2.41 bits per heavy atom. The van der Waals surface area contributed by atoms with Crippen LogP contribution in [-0.2, 0) is 4.79 Å². The monoisotopic (exact) mass is 366 g/mol. The molecule has 0 fully saturated rings. The number of benzene rings is 2. The molecule has 27 heavy (non-hydrogen) atoms. The molecule has 0 aliphatic carbocycles. The fourth-order valence-electron chi connectivity index (χ4n) is 2.45. The Morgan fingerprint density at radius 1 is 1.07 bits per heavy atom. The zero-order valence-corrected chi connectivity index (χ0v) is 15.1. The molecular formula is C19H18N4O4. The van der Waals surface area contributed by atoms with Crippen LogP contribution in [0.2, 0.25) is 0 Å². The number of hydrogen-bond acceptors (Lipinski definition) is 6. The molecule has 2 aromatic carbocycles. The molecule has 0 aliphatic rings. The molecule has 0 bridgehead atoms. The van der Waals surface area contributed by atoms with Crippen molar-refractivity contribution in [1.82, 2.24) is 10.1 Å². The second-order valence-corrected chi connectivity index (χ2v) is 5.77. The number of carbonyl (C=O) groups is 2. The molecule has 0 unspecified atom stereocenters. The third kappa shape index (κ3) is 4.30. The molecule has 2 N–H and O–H groups in total. The first-order chi connectivity index (χ1) is 13.0. The second-order valence-electron chi connectivity index (χ2n) is 5.77. The van der Waals surface area contributed by atoms with Crippen molar-refractivity contribution in [1.29, 1.82) is 0 Å². The number of amides is 2. The van der Waals surface area contributed by atoms with Gasteiger partial charge >= 0.3 is 0 Å². The van der Waals surface area contributed by atoms with E-state index in [4.69, 9.17) is 9.26 Å². The largest absolute Gasteiger partial charge is 0.495 e. The zero-order chi connectivity index (χ0) is 19.4. The summed E-state index contributed by atoms with van der Waals surface area (Å²) in [6.07, 6.45) is 0. The molecule has 1 aromatic heterocycles. The minimum Gasteiger partial charge on any atom is -0.495 e. The Kier molecular flexibility index (Phi) is 5.16. The molecule has 1 heterocycles. The van der Waals surface area contributed by atoms with Crippen molar-refractivity contribution in [3.8, 4) is 17.2 Å². The average molecular weight is 366 g/mol. The van der Waals surface area contributed by atoms with Crippen LogP contribution in [0.15, 0.2) is 47.0 Å². The summed E-state index contributed by atoms with van der Waals surface area (Å²) in [6.45, 7) is 3.13. The highest BCUT2D eigenvalue weighted by Crippen LogP contribution is 2.28. The van der Waals surface area contributed by atoms with Gasteiger partial charge in [-0.15, -0.1) is 0 Å². The Hall–Kier alpha value is -3.68. The van der Waals surface area contributed by atoms with Crippen molar-refractivity contribution >= 4 is 23.2 Å². The second kappa shape index (κ2) is 7.69. The fraction of sp³-hybridized carbons (Fsp3) is 0.158. The van der Waals surface area contributed by atoms with Crippen molar-refractivity contribution < 1.29 is 18.8 Å². The van der Waals surface area contributed by atoms with E-state index in [9.17, 15) is 9.59 Å². The number of anilines is 2. The average Bonchev–Trinajstić information content (AvgIpc) is 3.08. The lowest BCUT2D eigenvalue weighted by Crippen LogP contribution is -2.13. The first-order valence-corrected chi connectivity index (χ1v) is 8.14. The van der Waals surface area contributed by atoms with Gasteiger partial charge in [-0.2, -0.15) is 4.98 Å². The first-order valence-electron chi connectivity index (χ1n) is 8.14. The van der Waals surface area contributed by atoms with Crippen LogP contribution in [0.3, 0.4) is 0 Å². The molecule has 0 spiro atoms. The summed E-state index contributed by atoms with van der Waals surface area (Å²) in [4.78, 5) is 27.9. The lowest BCUT2D eigenvalue weighted by molar-refractivity contribution is -0.114. The Bertz CT molecular complexity index is 980. The lowest BCUT2D eigenvalue weighted by Gasteiger charge is -2.12. The fourth-order valence-corrected chi connectivity index (χ4v) is 2.45. The van der Waals surface area contributed by atoms with E-state index in [1.54, 1.807) is 49.4 Å². The van der Waals surface area contributed by atoms with Crippen molar-refractivity contribution in [3.63, 3.8) is 0 Å². The number of nitrogens with one attached hydrogen (secondary N) is 2. The molecule has 0 saturated carbocycles. The van der Waals surface area contributed by atoms with E-state index < -0.39 is 0 Å². The summed E-state index contributed by atoms with van der Waals surface area (Å²) in [5.41, 5.74) is 2.20. The van der Waals surface area contributed by atoms with Gasteiger partial charge in [-0.25, -0.2) is 0 Å². The molecule has 0 radical (unpaired) electrons. The highest BCUT2D eigenvalue weighted by atomic mass is 16.5. The molecule has 0 aliphatic heterocycles. The Morgan fingerprint density at radius 2 is 1.81 bits per heavy atom. The molecule has 138 valence electrons. The molecule has 0 atom stereocenters. The molecular weight excluding hydrogens is 348 g/mol. The highest BCUT2D eigenvalue weighted by Gasteiger charge is 2.11. The minimum atomic E-state index is -0.290. The molecule has 3 aromatic rings. The van der Waals surface area contributed by atoms with E-state index in [2.05, 4.69) is 20.8 Å². The number of methoxy groups -OCH3 is 1. The predicted octanol–water partition coefficient (Wildman–Crippen LogP) is 3.26. The van der Waals surface area contributed by atoms with Gasteiger partial charge in [-0.05, 0) is 49.4 Å². The van der Waals surface area contributed by atoms with E-state index in [0.717, 1.165) is 5.56 Å². The quantitative estimate of drug-likeness (QED) is 0.718. The summed E-state index contributed by atoms with van der Waals surface area (Å²) >= 11 is 0. The summed E-state index contributed by atoms with van der Waals surface area (Å²) in [5, 5.41) is 9.20. The van der Waals surface area contributed by atoms with Gasteiger partial charge in [-0.3, -0.25) is 9.59 Å². The van der Waals surface area contributed by atoms with Crippen LogP contribution in [0.25, 0.3) is 11.5 Å². The van der Waals surface area contributed by atoms with Gasteiger partial charge in [0.1, 0.15) is 5.75 Å². The molecule has 0 saturated heterocycles. The summed E-state index contributed by atoms with van der Waals surface area (Å²) in [5.74, 6) is 0.920. The van der Waals surface area contributed by atoms with Gasteiger partial charge in [0.05, 0.1) is 12.8 Å². The lowest BCUT2D eigenvalue weighted by atomic mass is 10.1. The molecule has 2 amide bonds. The number of rotatable bonds is 5. The Labute approximate surface area is 155 Å².